The number of rotatable bonds is 4. The lowest BCUT2D eigenvalue weighted by Crippen LogP contribution is -2.55. The average Bonchev–Trinajstić information content (AvgIpc) is 2.84. The Hall–Kier alpha value is -2.15. The number of carbonyl (C=O) groups is 2. The van der Waals surface area contributed by atoms with Crippen LogP contribution in [0.3, 0.4) is 0 Å². The molecule has 1 aromatic rings. The Balaban J connectivity index is 1.69. The van der Waals surface area contributed by atoms with E-state index < -0.39 is 17.4 Å². The molecule has 136 valence electrons. The van der Waals surface area contributed by atoms with Gasteiger partial charge in [-0.25, -0.2) is 4.39 Å². The minimum absolute atomic E-state index is 0.0843. The smallest absolute Gasteiger partial charge is 0.309 e. The van der Waals surface area contributed by atoms with Crippen LogP contribution >= 0.6 is 0 Å². The highest BCUT2D eigenvalue weighted by atomic mass is 19.1. The highest BCUT2D eigenvalue weighted by Gasteiger charge is 2.55. The van der Waals surface area contributed by atoms with E-state index in [0.29, 0.717) is 32.5 Å². The molecule has 1 amide bonds. The number of nitrogens with zero attached hydrogens (tertiary/aromatic N) is 2. The fraction of sp³-hybridized carbons (Fsp3) is 0.556. The lowest BCUT2D eigenvalue weighted by atomic mass is 9.77. The molecule has 0 radical (unpaired) electrons. The second-order valence-corrected chi connectivity index (χ2v) is 6.90. The number of piperidine rings is 1. The van der Waals surface area contributed by atoms with E-state index >= 15 is 0 Å². The van der Waals surface area contributed by atoms with E-state index in [0.717, 1.165) is 5.56 Å². The van der Waals surface area contributed by atoms with Gasteiger partial charge >= 0.3 is 5.97 Å². The molecule has 0 aliphatic carbocycles. The zero-order valence-electron chi connectivity index (χ0n) is 14.5. The van der Waals surface area contributed by atoms with E-state index in [9.17, 15) is 19.1 Å². The molecular formula is C18H23FN2O4. The van der Waals surface area contributed by atoms with E-state index in [4.69, 9.17) is 4.74 Å². The van der Waals surface area contributed by atoms with Gasteiger partial charge in [-0.1, -0.05) is 6.07 Å². The van der Waals surface area contributed by atoms with Gasteiger partial charge in [-0.15, -0.1) is 0 Å². The highest BCUT2D eigenvalue weighted by Crippen LogP contribution is 2.43. The van der Waals surface area contributed by atoms with E-state index in [1.807, 2.05) is 0 Å². The monoisotopic (exact) mass is 350 g/mol. The Morgan fingerprint density at radius 3 is 2.68 bits per heavy atom. The number of ether oxygens (including phenoxy) is 1. The largest absolute Gasteiger partial charge is 0.494 e. The predicted molar refractivity (Wildman–Crippen MR) is 88.7 cm³/mol. The molecule has 1 N–H and O–H groups in total. The SMILES string of the molecule is COc1cc(CN2CCC3(CC2)[C@@H](C(=O)O)CC(=O)N3C)ccc1F. The molecule has 3 rings (SSSR count). The maximum Gasteiger partial charge on any atom is 0.309 e. The molecule has 1 aromatic carbocycles. The Morgan fingerprint density at radius 1 is 1.40 bits per heavy atom. The molecule has 25 heavy (non-hydrogen) atoms. The summed E-state index contributed by atoms with van der Waals surface area (Å²) in [5.41, 5.74) is 0.361. The number of halogens is 1. The lowest BCUT2D eigenvalue weighted by molar-refractivity contribution is -0.146. The van der Waals surface area contributed by atoms with Gasteiger partial charge < -0.3 is 14.7 Å². The molecule has 0 saturated carbocycles. The first-order valence-electron chi connectivity index (χ1n) is 8.41. The topological polar surface area (TPSA) is 70.1 Å². The van der Waals surface area contributed by atoms with Crippen LogP contribution < -0.4 is 4.74 Å². The third kappa shape index (κ3) is 3.08. The van der Waals surface area contributed by atoms with Crippen LogP contribution in [0.2, 0.25) is 0 Å². The lowest BCUT2D eigenvalue weighted by Gasteiger charge is -2.45. The van der Waals surface area contributed by atoms with E-state index in [-0.39, 0.29) is 23.9 Å². The van der Waals surface area contributed by atoms with Crippen molar-refractivity contribution in [1.29, 1.82) is 0 Å². The summed E-state index contributed by atoms with van der Waals surface area (Å²) >= 11 is 0. The van der Waals surface area contributed by atoms with Gasteiger partial charge in [0.05, 0.1) is 18.6 Å². The van der Waals surface area contributed by atoms with E-state index in [2.05, 4.69) is 4.90 Å². The molecule has 2 aliphatic heterocycles. The van der Waals surface area contributed by atoms with Crippen LogP contribution in [0.4, 0.5) is 4.39 Å². The van der Waals surface area contributed by atoms with Crippen LogP contribution in [0, 0.1) is 11.7 Å². The van der Waals surface area contributed by atoms with Gasteiger partial charge in [-0.3, -0.25) is 14.5 Å². The third-order valence-corrected chi connectivity index (χ3v) is 5.71. The standard InChI is InChI=1S/C18H23FN2O4/c1-20-16(22)10-13(17(23)24)18(20)5-7-21(8-6-18)11-12-3-4-14(19)15(9-12)25-2/h3-4,9,13H,5-8,10-11H2,1-2H3,(H,23,24)/t13-/m1/s1. The van der Waals surface area contributed by atoms with Gasteiger partial charge in [-0.05, 0) is 30.5 Å². The zero-order valence-corrected chi connectivity index (χ0v) is 14.5. The van der Waals surface area contributed by atoms with Crippen molar-refractivity contribution in [3.05, 3.63) is 29.6 Å². The number of methoxy groups -OCH3 is 1. The average molecular weight is 350 g/mol. The number of amides is 1. The predicted octanol–water partition coefficient (Wildman–Crippen LogP) is 1.73. The number of carbonyl (C=O) groups excluding carboxylic acids is 1. The second kappa shape index (κ2) is 6.63. The summed E-state index contributed by atoms with van der Waals surface area (Å²) in [7, 11) is 3.15. The van der Waals surface area contributed by atoms with E-state index in [1.165, 1.54) is 13.2 Å². The maximum atomic E-state index is 13.5. The van der Waals surface area contributed by atoms with Crippen molar-refractivity contribution in [3.63, 3.8) is 0 Å². The minimum Gasteiger partial charge on any atom is -0.494 e. The number of hydrogen-bond acceptors (Lipinski definition) is 4. The van der Waals surface area contributed by atoms with Crippen LogP contribution in [0.25, 0.3) is 0 Å². The first kappa shape index (κ1) is 17.7. The van der Waals surface area contributed by atoms with E-state index in [1.54, 1.807) is 24.1 Å². The minimum atomic E-state index is -0.894. The Labute approximate surface area is 146 Å². The van der Waals surface area contributed by atoms with Crippen molar-refractivity contribution >= 4 is 11.9 Å². The van der Waals surface area contributed by atoms with Crippen LogP contribution in [0.15, 0.2) is 18.2 Å². The summed E-state index contributed by atoms with van der Waals surface area (Å²) < 4.78 is 18.5. The van der Waals surface area contributed by atoms with Crippen LogP contribution in [-0.2, 0) is 16.1 Å². The zero-order chi connectivity index (χ0) is 18.2. The fourth-order valence-electron chi connectivity index (χ4n) is 4.14. The molecular weight excluding hydrogens is 327 g/mol. The van der Waals surface area contributed by atoms with Crippen molar-refractivity contribution in [1.82, 2.24) is 9.80 Å². The summed E-state index contributed by atoms with van der Waals surface area (Å²) in [6, 6.07) is 4.81. The Kier molecular flexibility index (Phi) is 4.69. The summed E-state index contributed by atoms with van der Waals surface area (Å²) in [5, 5.41) is 9.51. The van der Waals surface area contributed by atoms with Crippen molar-refractivity contribution < 1.29 is 23.8 Å². The molecule has 0 aromatic heterocycles. The molecule has 7 heteroatoms. The first-order valence-corrected chi connectivity index (χ1v) is 8.41. The van der Waals surface area contributed by atoms with Crippen molar-refractivity contribution in [2.75, 3.05) is 27.2 Å². The Morgan fingerprint density at radius 2 is 2.08 bits per heavy atom. The summed E-state index contributed by atoms with van der Waals surface area (Å²) in [4.78, 5) is 27.5. The molecule has 2 heterocycles. The molecule has 6 nitrogen and oxygen atoms in total. The van der Waals surface area contributed by atoms with Gasteiger partial charge in [0, 0.05) is 33.1 Å². The van der Waals surface area contributed by atoms with Crippen molar-refractivity contribution in [2.45, 2.75) is 31.3 Å². The summed E-state index contributed by atoms with van der Waals surface area (Å²) in [6.45, 7) is 2.03. The van der Waals surface area contributed by atoms with Gasteiger partial charge in [0.2, 0.25) is 5.91 Å². The molecule has 2 aliphatic rings. The molecule has 0 bridgehead atoms. The van der Waals surface area contributed by atoms with Crippen LogP contribution in [0.5, 0.6) is 5.75 Å². The second-order valence-electron chi connectivity index (χ2n) is 6.90. The number of carboxylic acid groups (broad SMARTS) is 1. The molecule has 0 unspecified atom stereocenters. The van der Waals surface area contributed by atoms with Crippen molar-refractivity contribution in [2.24, 2.45) is 5.92 Å². The Bertz CT molecular complexity index is 686. The quantitative estimate of drug-likeness (QED) is 0.896. The third-order valence-electron chi connectivity index (χ3n) is 5.71. The molecule has 1 atom stereocenters. The molecule has 1 spiro atoms. The molecule has 2 saturated heterocycles. The van der Waals surface area contributed by atoms with Gasteiger partial charge in [0.25, 0.3) is 0 Å². The van der Waals surface area contributed by atoms with Gasteiger partial charge in [-0.2, -0.15) is 0 Å². The van der Waals surface area contributed by atoms with Crippen LogP contribution in [0.1, 0.15) is 24.8 Å². The highest BCUT2D eigenvalue weighted by molar-refractivity contribution is 5.88. The summed E-state index contributed by atoms with van der Waals surface area (Å²) in [6.07, 6.45) is 1.34. The molecule has 2 fully saturated rings. The number of likely N-dealkylation sites (tertiary alicyclic amines) is 2. The van der Waals surface area contributed by atoms with Crippen LogP contribution in [-0.4, -0.2) is 59.6 Å². The number of benzene rings is 1. The normalized spacial score (nSPS) is 23.2. The van der Waals surface area contributed by atoms with Gasteiger partial charge in [0.1, 0.15) is 0 Å². The number of hydrogen-bond donors (Lipinski definition) is 1. The first-order chi connectivity index (χ1) is 11.9. The number of carboxylic acids is 1. The summed E-state index contributed by atoms with van der Waals surface area (Å²) in [5.74, 6) is -1.80. The number of aliphatic carboxylic acids is 1. The van der Waals surface area contributed by atoms with Crippen molar-refractivity contribution in [3.8, 4) is 5.75 Å². The fourth-order valence-corrected chi connectivity index (χ4v) is 4.14. The maximum absolute atomic E-state index is 13.5. The van der Waals surface area contributed by atoms with Gasteiger partial charge in [0.15, 0.2) is 11.6 Å².